The topological polar surface area (TPSA) is 49.4 Å². The summed E-state index contributed by atoms with van der Waals surface area (Å²) in [6, 6.07) is 9.44. The van der Waals surface area contributed by atoms with Crippen molar-refractivity contribution in [3.05, 3.63) is 67.6 Å². The zero-order valence-electron chi connectivity index (χ0n) is 17.0. The summed E-state index contributed by atoms with van der Waals surface area (Å²) in [6.07, 6.45) is 0.831. The summed E-state index contributed by atoms with van der Waals surface area (Å²) < 4.78 is 0. The van der Waals surface area contributed by atoms with Gasteiger partial charge in [0.2, 0.25) is 11.8 Å². The van der Waals surface area contributed by atoms with Crippen molar-refractivity contribution in [2.24, 2.45) is 0 Å². The van der Waals surface area contributed by atoms with Gasteiger partial charge in [0.1, 0.15) is 6.04 Å². The van der Waals surface area contributed by atoms with Crippen LogP contribution in [0.1, 0.15) is 38.3 Å². The minimum Gasteiger partial charge on any atom is -0.352 e. The van der Waals surface area contributed by atoms with E-state index in [4.69, 9.17) is 46.4 Å². The van der Waals surface area contributed by atoms with Crippen molar-refractivity contribution >= 4 is 58.2 Å². The molecule has 0 aromatic heterocycles. The molecule has 0 fully saturated rings. The molecule has 0 aliphatic carbocycles. The Morgan fingerprint density at radius 1 is 0.967 bits per heavy atom. The van der Waals surface area contributed by atoms with Crippen molar-refractivity contribution in [1.29, 1.82) is 0 Å². The maximum atomic E-state index is 13.2. The lowest BCUT2D eigenvalue weighted by Gasteiger charge is -2.30. The average molecular weight is 490 g/mol. The fraction of sp³-hybridized carbons (Fsp3) is 0.364. The molecule has 0 aliphatic rings. The van der Waals surface area contributed by atoms with E-state index in [0.717, 1.165) is 12.0 Å². The number of hydrogen-bond donors (Lipinski definition) is 1. The highest BCUT2D eigenvalue weighted by Crippen LogP contribution is 2.25. The fourth-order valence-corrected chi connectivity index (χ4v) is 3.61. The smallest absolute Gasteiger partial charge is 0.242 e. The Hall–Kier alpha value is -1.46. The molecule has 162 valence electrons. The van der Waals surface area contributed by atoms with Gasteiger partial charge in [-0.15, -0.1) is 0 Å². The second-order valence-electron chi connectivity index (χ2n) is 7.18. The van der Waals surface area contributed by atoms with E-state index >= 15 is 0 Å². The van der Waals surface area contributed by atoms with E-state index in [9.17, 15) is 9.59 Å². The lowest BCUT2D eigenvalue weighted by molar-refractivity contribution is -0.140. The van der Waals surface area contributed by atoms with Gasteiger partial charge in [-0.1, -0.05) is 65.5 Å². The zero-order chi connectivity index (χ0) is 22.4. The summed E-state index contributed by atoms with van der Waals surface area (Å²) in [4.78, 5) is 27.5. The van der Waals surface area contributed by atoms with Crippen LogP contribution in [-0.4, -0.2) is 28.8 Å². The van der Waals surface area contributed by atoms with E-state index in [1.54, 1.807) is 43.3 Å². The van der Waals surface area contributed by atoms with Crippen LogP contribution in [0.25, 0.3) is 0 Å². The minimum atomic E-state index is -0.688. The third kappa shape index (κ3) is 6.78. The first-order chi connectivity index (χ1) is 14.1. The Morgan fingerprint density at radius 3 is 2.27 bits per heavy atom. The molecule has 2 atom stereocenters. The van der Waals surface area contributed by atoms with Crippen molar-refractivity contribution in [2.75, 3.05) is 0 Å². The van der Waals surface area contributed by atoms with Crippen LogP contribution in [0.2, 0.25) is 20.1 Å². The van der Waals surface area contributed by atoms with Crippen molar-refractivity contribution in [3.8, 4) is 0 Å². The first-order valence-corrected chi connectivity index (χ1v) is 11.1. The Labute approximate surface area is 197 Å². The Kier molecular flexibility index (Phi) is 9.30. The molecule has 0 aliphatic heterocycles. The van der Waals surface area contributed by atoms with Gasteiger partial charge in [0.15, 0.2) is 0 Å². The van der Waals surface area contributed by atoms with E-state index in [-0.39, 0.29) is 30.8 Å². The molecule has 30 heavy (non-hydrogen) atoms. The number of halogens is 4. The average Bonchev–Trinajstić information content (AvgIpc) is 2.70. The Balaban J connectivity index is 2.29. The molecule has 0 bridgehead atoms. The molecule has 1 N–H and O–H groups in total. The van der Waals surface area contributed by atoms with Crippen LogP contribution in [0.4, 0.5) is 0 Å². The molecule has 4 nitrogen and oxygen atoms in total. The summed E-state index contributed by atoms with van der Waals surface area (Å²) >= 11 is 24.3. The van der Waals surface area contributed by atoms with Gasteiger partial charge in [-0.2, -0.15) is 0 Å². The predicted molar refractivity (Wildman–Crippen MR) is 125 cm³/mol. The van der Waals surface area contributed by atoms with Gasteiger partial charge < -0.3 is 10.2 Å². The number of nitrogens with zero attached hydrogens (tertiary/aromatic N) is 1. The number of carbonyl (C=O) groups is 2. The first kappa shape index (κ1) is 24.8. The van der Waals surface area contributed by atoms with E-state index in [1.807, 2.05) is 13.8 Å². The second-order valence-corrected chi connectivity index (χ2v) is 8.83. The second kappa shape index (κ2) is 11.2. The Bertz CT molecular complexity index is 920. The van der Waals surface area contributed by atoms with Crippen LogP contribution in [0.5, 0.6) is 0 Å². The highest BCUT2D eigenvalue weighted by atomic mass is 35.5. The molecule has 2 aromatic rings. The lowest BCUT2D eigenvalue weighted by Crippen LogP contribution is -2.49. The summed E-state index contributed by atoms with van der Waals surface area (Å²) in [7, 11) is 0. The van der Waals surface area contributed by atoms with Crippen molar-refractivity contribution < 1.29 is 9.59 Å². The van der Waals surface area contributed by atoms with Gasteiger partial charge in [-0.25, -0.2) is 0 Å². The standard InChI is InChI=1S/C22H24Cl4N2O2/c1-4-13(2)27-22(30)14(3)28(12-15-5-8-18(24)20(26)9-15)21(29)10-16-6-7-17(23)11-19(16)25/h5-9,11,13-14H,4,10,12H2,1-3H3,(H,27,30)/t13-,14-/m1/s1. The van der Waals surface area contributed by atoms with E-state index < -0.39 is 6.04 Å². The summed E-state index contributed by atoms with van der Waals surface area (Å²) in [5, 5.41) is 4.64. The molecule has 2 aromatic carbocycles. The molecule has 0 spiro atoms. The van der Waals surface area contributed by atoms with E-state index in [2.05, 4.69) is 5.32 Å². The van der Waals surface area contributed by atoms with Gasteiger partial charge >= 0.3 is 0 Å². The number of hydrogen-bond acceptors (Lipinski definition) is 2. The number of carbonyl (C=O) groups excluding carboxylic acids is 2. The van der Waals surface area contributed by atoms with Gasteiger partial charge in [-0.05, 0) is 55.7 Å². The first-order valence-electron chi connectivity index (χ1n) is 9.60. The third-order valence-electron chi connectivity index (χ3n) is 4.86. The van der Waals surface area contributed by atoms with Crippen molar-refractivity contribution in [2.45, 2.75) is 52.2 Å². The molecular weight excluding hydrogens is 466 g/mol. The fourth-order valence-electron chi connectivity index (χ4n) is 2.81. The largest absolute Gasteiger partial charge is 0.352 e. The quantitative estimate of drug-likeness (QED) is 0.481. The zero-order valence-corrected chi connectivity index (χ0v) is 20.0. The minimum absolute atomic E-state index is 0.00703. The molecule has 0 saturated carbocycles. The molecule has 0 radical (unpaired) electrons. The van der Waals surface area contributed by atoms with Gasteiger partial charge in [-0.3, -0.25) is 9.59 Å². The van der Waals surface area contributed by atoms with Gasteiger partial charge in [0, 0.05) is 22.6 Å². The maximum Gasteiger partial charge on any atom is 0.242 e. The van der Waals surface area contributed by atoms with Crippen LogP contribution >= 0.6 is 46.4 Å². The SMILES string of the molecule is CC[C@@H](C)NC(=O)[C@@H](C)N(Cc1ccc(Cl)c(Cl)c1)C(=O)Cc1ccc(Cl)cc1Cl. The molecule has 0 saturated heterocycles. The van der Waals surface area contributed by atoms with Crippen LogP contribution in [-0.2, 0) is 22.6 Å². The van der Waals surface area contributed by atoms with Crippen LogP contribution in [0, 0.1) is 0 Å². The van der Waals surface area contributed by atoms with Crippen molar-refractivity contribution in [3.63, 3.8) is 0 Å². The molecule has 8 heteroatoms. The van der Waals surface area contributed by atoms with Gasteiger partial charge in [0.25, 0.3) is 0 Å². The number of benzene rings is 2. The number of amides is 2. The monoisotopic (exact) mass is 488 g/mol. The predicted octanol–water partition coefficient (Wildman–Crippen LogP) is 6.17. The maximum absolute atomic E-state index is 13.2. The molecule has 0 unspecified atom stereocenters. The normalized spacial score (nSPS) is 12.9. The molecule has 2 amide bonds. The van der Waals surface area contributed by atoms with Crippen molar-refractivity contribution in [1.82, 2.24) is 10.2 Å². The van der Waals surface area contributed by atoms with Gasteiger partial charge in [0.05, 0.1) is 16.5 Å². The van der Waals surface area contributed by atoms with E-state index in [0.29, 0.717) is 25.7 Å². The lowest BCUT2D eigenvalue weighted by atomic mass is 10.1. The number of rotatable bonds is 8. The van der Waals surface area contributed by atoms with Crippen LogP contribution < -0.4 is 5.32 Å². The highest BCUT2D eigenvalue weighted by Gasteiger charge is 2.27. The molecule has 2 rings (SSSR count). The summed E-state index contributed by atoms with van der Waals surface area (Å²) in [6.45, 7) is 5.81. The molecule has 0 heterocycles. The highest BCUT2D eigenvalue weighted by molar-refractivity contribution is 6.42. The Morgan fingerprint density at radius 2 is 1.67 bits per heavy atom. The summed E-state index contributed by atoms with van der Waals surface area (Å²) in [5.41, 5.74) is 1.41. The number of nitrogens with one attached hydrogen (secondary N) is 1. The summed E-state index contributed by atoms with van der Waals surface area (Å²) in [5.74, 6) is -0.461. The van der Waals surface area contributed by atoms with Crippen LogP contribution in [0.15, 0.2) is 36.4 Å². The van der Waals surface area contributed by atoms with E-state index in [1.165, 1.54) is 4.90 Å². The van der Waals surface area contributed by atoms with Crippen LogP contribution in [0.3, 0.4) is 0 Å². The third-order valence-corrected chi connectivity index (χ3v) is 6.19. The molecular formula is C22H24Cl4N2O2.